The van der Waals surface area contributed by atoms with Crippen molar-refractivity contribution in [3.8, 4) is 0 Å². The first-order valence-corrected chi connectivity index (χ1v) is 10.8. The molecule has 1 atom stereocenters. The van der Waals surface area contributed by atoms with E-state index in [0.717, 1.165) is 4.88 Å². The number of aromatic nitrogens is 2. The van der Waals surface area contributed by atoms with Crippen LogP contribution >= 0.6 is 22.7 Å². The molecule has 12 heteroatoms. The minimum atomic E-state index is -3.64. The van der Waals surface area contributed by atoms with Gasteiger partial charge in [-0.3, -0.25) is 4.79 Å². The molecule has 0 saturated carbocycles. The number of sulfonamides is 1. The van der Waals surface area contributed by atoms with Crippen LogP contribution in [0.25, 0.3) is 0 Å². The van der Waals surface area contributed by atoms with E-state index in [1.165, 1.54) is 15.6 Å². The zero-order valence-corrected chi connectivity index (χ0v) is 16.1. The summed E-state index contributed by atoms with van der Waals surface area (Å²) >= 11 is 1.79. The molecule has 1 amide bonds. The highest BCUT2D eigenvalue weighted by molar-refractivity contribution is 7.91. The molecule has 1 fully saturated rings. The predicted molar refractivity (Wildman–Crippen MR) is 94.0 cm³/mol. The van der Waals surface area contributed by atoms with Crippen LogP contribution in [0.3, 0.4) is 0 Å². The number of alkyl halides is 2. The molecule has 0 spiro atoms. The lowest BCUT2D eigenvalue weighted by Gasteiger charge is -2.30. The second-order valence-corrected chi connectivity index (χ2v) is 10.3. The van der Waals surface area contributed by atoms with Gasteiger partial charge in [-0.2, -0.15) is 4.31 Å². The Kier molecular flexibility index (Phi) is 5.65. The van der Waals surface area contributed by atoms with Crippen LogP contribution in [0.5, 0.6) is 0 Å². The number of piperidine rings is 1. The molecule has 1 N–H and O–H groups in total. The molecule has 2 aromatic rings. The van der Waals surface area contributed by atoms with Crippen LogP contribution in [-0.2, 0) is 14.8 Å². The van der Waals surface area contributed by atoms with Crippen molar-refractivity contribution in [2.24, 2.45) is 5.92 Å². The zero-order chi connectivity index (χ0) is 18.9. The van der Waals surface area contributed by atoms with Gasteiger partial charge in [0.2, 0.25) is 11.0 Å². The third-order valence-electron chi connectivity index (χ3n) is 3.92. The van der Waals surface area contributed by atoms with E-state index in [9.17, 15) is 22.0 Å². The van der Waals surface area contributed by atoms with Gasteiger partial charge in [-0.15, -0.1) is 21.5 Å². The minimum Gasteiger partial charge on any atom is -0.300 e. The van der Waals surface area contributed by atoms with Gasteiger partial charge in [0.05, 0.1) is 5.92 Å². The van der Waals surface area contributed by atoms with Crippen LogP contribution in [-0.4, -0.2) is 41.9 Å². The fraction of sp³-hybridized carbons (Fsp3) is 0.500. The Morgan fingerprint density at radius 1 is 1.35 bits per heavy atom. The molecule has 0 radical (unpaired) electrons. The summed E-state index contributed by atoms with van der Waals surface area (Å²) < 4.78 is 52.0. The number of nitrogens with one attached hydrogen (secondary N) is 1. The highest BCUT2D eigenvalue weighted by atomic mass is 32.2. The Balaban J connectivity index is 1.68. The molecule has 0 bridgehead atoms. The number of carbonyl (C=O) groups excluding carboxylic acids is 1. The highest BCUT2D eigenvalue weighted by Gasteiger charge is 2.34. The van der Waals surface area contributed by atoms with Gasteiger partial charge in [0.25, 0.3) is 16.4 Å². The van der Waals surface area contributed by atoms with Gasteiger partial charge in [-0.1, -0.05) is 11.3 Å². The molecule has 26 heavy (non-hydrogen) atoms. The van der Waals surface area contributed by atoms with E-state index in [-0.39, 0.29) is 15.9 Å². The number of carbonyl (C=O) groups is 1. The van der Waals surface area contributed by atoms with Crippen LogP contribution in [0.1, 0.15) is 29.2 Å². The molecule has 0 aromatic carbocycles. The third-order valence-corrected chi connectivity index (χ3v) is 8.10. The molecule has 3 rings (SSSR count). The van der Waals surface area contributed by atoms with E-state index >= 15 is 0 Å². The van der Waals surface area contributed by atoms with E-state index in [1.807, 2.05) is 6.92 Å². The Labute approximate surface area is 157 Å². The molecule has 7 nitrogen and oxygen atoms in total. The predicted octanol–water partition coefficient (Wildman–Crippen LogP) is 2.89. The summed E-state index contributed by atoms with van der Waals surface area (Å²) in [6.45, 7) is 2.22. The molecule has 1 unspecified atom stereocenters. The molecule has 1 aliphatic rings. The fourth-order valence-corrected chi connectivity index (χ4v) is 6.20. The van der Waals surface area contributed by atoms with Gasteiger partial charge >= 0.3 is 0 Å². The van der Waals surface area contributed by atoms with Crippen molar-refractivity contribution < 1.29 is 22.0 Å². The second kappa shape index (κ2) is 7.62. The van der Waals surface area contributed by atoms with Crippen molar-refractivity contribution in [3.63, 3.8) is 0 Å². The Bertz CT molecular complexity index is 897. The summed E-state index contributed by atoms with van der Waals surface area (Å²) in [5.74, 6) is -1.01. The van der Waals surface area contributed by atoms with E-state index in [4.69, 9.17) is 0 Å². The first-order valence-electron chi connectivity index (χ1n) is 7.76. The summed E-state index contributed by atoms with van der Waals surface area (Å²) in [4.78, 5) is 13.3. The average Bonchev–Trinajstić information content (AvgIpc) is 3.24. The van der Waals surface area contributed by atoms with Crippen LogP contribution in [0.4, 0.5) is 13.9 Å². The summed E-state index contributed by atoms with van der Waals surface area (Å²) in [6, 6.07) is 3.30. The average molecular weight is 423 g/mol. The maximum Gasteiger partial charge on any atom is 0.291 e. The summed E-state index contributed by atoms with van der Waals surface area (Å²) in [5, 5.41) is 8.80. The van der Waals surface area contributed by atoms with Crippen molar-refractivity contribution in [2.45, 2.75) is 30.4 Å². The fourth-order valence-electron chi connectivity index (χ4n) is 2.63. The second-order valence-electron chi connectivity index (χ2n) is 5.80. The Hall–Kier alpha value is -1.50. The Morgan fingerprint density at radius 3 is 2.73 bits per heavy atom. The number of nitrogens with zero attached hydrogens (tertiary/aromatic N) is 3. The lowest BCUT2D eigenvalue weighted by Crippen LogP contribution is -2.43. The smallest absolute Gasteiger partial charge is 0.291 e. The van der Waals surface area contributed by atoms with E-state index in [1.54, 1.807) is 12.1 Å². The maximum absolute atomic E-state index is 12.7. The van der Waals surface area contributed by atoms with Gasteiger partial charge in [-0.25, -0.2) is 17.2 Å². The van der Waals surface area contributed by atoms with Crippen molar-refractivity contribution >= 4 is 43.7 Å². The van der Waals surface area contributed by atoms with Crippen molar-refractivity contribution in [3.05, 3.63) is 22.0 Å². The normalized spacial score (nSPS) is 19.0. The van der Waals surface area contributed by atoms with E-state index in [0.29, 0.717) is 30.7 Å². The minimum absolute atomic E-state index is 0.0147. The highest BCUT2D eigenvalue weighted by Crippen LogP contribution is 2.29. The molecule has 0 aliphatic carbocycles. The third kappa shape index (κ3) is 4.08. The van der Waals surface area contributed by atoms with Gasteiger partial charge in [0.1, 0.15) is 4.21 Å². The van der Waals surface area contributed by atoms with Gasteiger partial charge in [-0.05, 0) is 31.9 Å². The van der Waals surface area contributed by atoms with Gasteiger partial charge in [0, 0.05) is 18.0 Å². The molecule has 2 aromatic heterocycles. The summed E-state index contributed by atoms with van der Waals surface area (Å²) in [7, 11) is -3.64. The first kappa shape index (κ1) is 19.3. The monoisotopic (exact) mass is 422 g/mol. The number of thiophene rings is 1. The number of amides is 1. The molecular formula is C14H16F2N4O3S3. The molecule has 1 saturated heterocycles. The van der Waals surface area contributed by atoms with Crippen molar-refractivity contribution in [1.29, 1.82) is 0 Å². The number of halogens is 2. The maximum atomic E-state index is 12.7. The van der Waals surface area contributed by atoms with E-state index < -0.39 is 33.3 Å². The molecular weight excluding hydrogens is 406 g/mol. The van der Waals surface area contributed by atoms with E-state index in [2.05, 4.69) is 15.5 Å². The molecule has 1 aliphatic heterocycles. The van der Waals surface area contributed by atoms with Crippen LogP contribution in [0.2, 0.25) is 0 Å². The lowest BCUT2D eigenvalue weighted by atomic mass is 9.99. The number of anilines is 1. The number of hydrogen-bond donors (Lipinski definition) is 1. The summed E-state index contributed by atoms with van der Waals surface area (Å²) in [6.07, 6.45) is -1.69. The zero-order valence-electron chi connectivity index (χ0n) is 13.7. The standard InChI is InChI=1S/C14H16F2N4O3S3/c1-8-4-5-10(24-8)26(22,23)20-6-2-3-9(7-20)12(21)17-14-19-18-13(25-14)11(15)16/h4-5,9,11H,2-3,6-7H2,1H3,(H,17,19,21). The number of aryl methyl sites for hydroxylation is 1. The Morgan fingerprint density at radius 2 is 2.12 bits per heavy atom. The molecule has 3 heterocycles. The van der Waals surface area contributed by atoms with Crippen molar-refractivity contribution in [1.82, 2.24) is 14.5 Å². The largest absolute Gasteiger partial charge is 0.300 e. The summed E-state index contributed by atoms with van der Waals surface area (Å²) in [5.41, 5.74) is 0. The first-order chi connectivity index (χ1) is 12.3. The van der Waals surface area contributed by atoms with Gasteiger partial charge < -0.3 is 5.32 Å². The van der Waals surface area contributed by atoms with Crippen LogP contribution in [0, 0.1) is 12.8 Å². The van der Waals surface area contributed by atoms with Crippen LogP contribution in [0.15, 0.2) is 16.3 Å². The molecule has 142 valence electrons. The van der Waals surface area contributed by atoms with Gasteiger partial charge in [0.15, 0.2) is 5.01 Å². The topological polar surface area (TPSA) is 92.3 Å². The quantitative estimate of drug-likeness (QED) is 0.800. The van der Waals surface area contributed by atoms with Crippen molar-refractivity contribution in [2.75, 3.05) is 18.4 Å². The lowest BCUT2D eigenvalue weighted by molar-refractivity contribution is -0.120. The SMILES string of the molecule is Cc1ccc(S(=O)(=O)N2CCCC(C(=O)Nc3nnc(C(F)F)s3)C2)s1. The number of hydrogen-bond acceptors (Lipinski definition) is 7. The number of rotatable bonds is 5. The van der Waals surface area contributed by atoms with Crippen LogP contribution < -0.4 is 5.32 Å².